The first-order chi connectivity index (χ1) is 15.6. The van der Waals surface area contributed by atoms with Crippen molar-refractivity contribution in [2.45, 2.75) is 32.6 Å². The molecule has 4 atom stereocenters. The number of methoxy groups -OCH3 is 1. The lowest BCUT2D eigenvalue weighted by atomic mass is 9.85. The molecule has 2 N–H and O–H groups in total. The van der Waals surface area contributed by atoms with Gasteiger partial charge in [-0.2, -0.15) is 0 Å². The second-order valence-electron chi connectivity index (χ2n) is 8.82. The highest BCUT2D eigenvalue weighted by Gasteiger charge is 2.58. The predicted molar refractivity (Wildman–Crippen MR) is 124 cm³/mol. The molecule has 32 heavy (non-hydrogen) atoms. The first-order valence-corrected chi connectivity index (χ1v) is 11.8. The number of ether oxygens (including phenoxy) is 1. The van der Waals surface area contributed by atoms with E-state index < -0.39 is 0 Å². The standard InChI is InChI=1S/C25H34N4O3/c1-3-26-25(27-13-4-6-17-7-11-20(32-2)12-8-17)28-14-5-15-29-23(30)21-18-9-10-19(16-18)22(21)24(29)31/h7-12,18-19,21-22H,3-6,13-16H2,1-2H3,(H2,26,27,28). The number of guanidine groups is 1. The van der Waals surface area contributed by atoms with Crippen LogP contribution in [0, 0.1) is 23.7 Å². The number of carbonyl (C=O) groups excluding carboxylic acids is 2. The van der Waals surface area contributed by atoms with Crippen LogP contribution in [-0.4, -0.2) is 56.0 Å². The summed E-state index contributed by atoms with van der Waals surface area (Å²) < 4.78 is 5.20. The van der Waals surface area contributed by atoms with E-state index in [0.717, 1.165) is 44.1 Å². The third-order valence-electron chi connectivity index (χ3n) is 6.81. The fourth-order valence-corrected chi connectivity index (χ4v) is 5.24. The second kappa shape index (κ2) is 10.2. The van der Waals surface area contributed by atoms with Crippen LogP contribution in [0.25, 0.3) is 0 Å². The first kappa shape index (κ1) is 22.4. The molecule has 172 valence electrons. The molecule has 1 saturated heterocycles. The van der Waals surface area contributed by atoms with Crippen molar-refractivity contribution in [3.63, 3.8) is 0 Å². The van der Waals surface area contributed by atoms with Crippen molar-refractivity contribution in [3.05, 3.63) is 42.0 Å². The van der Waals surface area contributed by atoms with Gasteiger partial charge in [-0.15, -0.1) is 0 Å². The van der Waals surface area contributed by atoms with Gasteiger partial charge in [-0.05, 0) is 62.1 Å². The van der Waals surface area contributed by atoms with E-state index >= 15 is 0 Å². The third kappa shape index (κ3) is 4.66. The highest BCUT2D eigenvalue weighted by Crippen LogP contribution is 2.52. The van der Waals surface area contributed by atoms with Gasteiger partial charge in [-0.1, -0.05) is 24.3 Å². The van der Waals surface area contributed by atoms with E-state index in [1.807, 2.05) is 19.1 Å². The van der Waals surface area contributed by atoms with Crippen molar-refractivity contribution in [2.24, 2.45) is 28.7 Å². The summed E-state index contributed by atoms with van der Waals surface area (Å²) in [6.45, 7) is 4.68. The number of benzene rings is 1. The summed E-state index contributed by atoms with van der Waals surface area (Å²) >= 11 is 0. The molecule has 2 aliphatic carbocycles. The highest BCUT2D eigenvalue weighted by molar-refractivity contribution is 6.06. The van der Waals surface area contributed by atoms with Crippen LogP contribution in [0.3, 0.4) is 0 Å². The van der Waals surface area contributed by atoms with Crippen molar-refractivity contribution in [1.82, 2.24) is 15.5 Å². The SMILES string of the molecule is CCNC(=NCCCN1C(=O)C2C3C=CC(C3)C2C1=O)NCCCc1ccc(OC)cc1. The van der Waals surface area contributed by atoms with E-state index in [1.54, 1.807) is 7.11 Å². The maximum absolute atomic E-state index is 12.7. The smallest absolute Gasteiger partial charge is 0.233 e. The van der Waals surface area contributed by atoms with Gasteiger partial charge in [0.2, 0.25) is 11.8 Å². The Morgan fingerprint density at radius 1 is 1.06 bits per heavy atom. The van der Waals surface area contributed by atoms with E-state index in [1.165, 1.54) is 10.5 Å². The van der Waals surface area contributed by atoms with Gasteiger partial charge >= 0.3 is 0 Å². The quantitative estimate of drug-likeness (QED) is 0.193. The van der Waals surface area contributed by atoms with Crippen molar-refractivity contribution < 1.29 is 14.3 Å². The number of amides is 2. The molecule has 1 saturated carbocycles. The number of rotatable bonds is 10. The number of nitrogens with zero attached hydrogens (tertiary/aromatic N) is 2. The molecule has 0 radical (unpaired) electrons. The van der Waals surface area contributed by atoms with Gasteiger partial charge in [0.05, 0.1) is 18.9 Å². The van der Waals surface area contributed by atoms with Gasteiger partial charge in [-0.3, -0.25) is 19.5 Å². The number of aryl methyl sites for hydroxylation is 1. The van der Waals surface area contributed by atoms with Crippen LogP contribution >= 0.6 is 0 Å². The predicted octanol–water partition coefficient (Wildman–Crippen LogP) is 2.38. The molecule has 1 heterocycles. The lowest BCUT2D eigenvalue weighted by Crippen LogP contribution is -2.38. The minimum Gasteiger partial charge on any atom is -0.497 e. The summed E-state index contributed by atoms with van der Waals surface area (Å²) in [6, 6.07) is 8.15. The van der Waals surface area contributed by atoms with Gasteiger partial charge < -0.3 is 15.4 Å². The average Bonchev–Trinajstić information content (AvgIpc) is 3.49. The molecule has 1 aromatic carbocycles. The van der Waals surface area contributed by atoms with Crippen LogP contribution in [0.1, 0.15) is 31.7 Å². The Morgan fingerprint density at radius 2 is 1.75 bits per heavy atom. The van der Waals surface area contributed by atoms with E-state index in [0.29, 0.717) is 19.5 Å². The molecule has 1 aliphatic heterocycles. The third-order valence-corrected chi connectivity index (χ3v) is 6.81. The summed E-state index contributed by atoms with van der Waals surface area (Å²) in [5, 5.41) is 6.63. The first-order valence-electron chi connectivity index (χ1n) is 11.8. The molecule has 4 unspecified atom stereocenters. The zero-order valence-electron chi connectivity index (χ0n) is 19.0. The summed E-state index contributed by atoms with van der Waals surface area (Å²) in [4.78, 5) is 31.6. The zero-order valence-corrected chi connectivity index (χ0v) is 19.0. The van der Waals surface area contributed by atoms with Crippen molar-refractivity contribution in [2.75, 3.05) is 33.3 Å². The number of carbonyl (C=O) groups is 2. The Labute approximate surface area is 190 Å². The molecule has 0 spiro atoms. The molecular formula is C25H34N4O3. The maximum Gasteiger partial charge on any atom is 0.233 e. The van der Waals surface area contributed by atoms with Gasteiger partial charge in [-0.25, -0.2) is 0 Å². The average molecular weight is 439 g/mol. The summed E-state index contributed by atoms with van der Waals surface area (Å²) in [6.07, 6.45) is 7.90. The van der Waals surface area contributed by atoms with Crippen LogP contribution in [0.2, 0.25) is 0 Å². The fraction of sp³-hybridized carbons (Fsp3) is 0.560. The van der Waals surface area contributed by atoms with Gasteiger partial charge in [0.1, 0.15) is 5.75 Å². The van der Waals surface area contributed by atoms with Crippen molar-refractivity contribution in [3.8, 4) is 5.75 Å². The molecule has 1 aromatic rings. The molecule has 7 heteroatoms. The molecule has 7 nitrogen and oxygen atoms in total. The molecule has 2 bridgehead atoms. The normalized spacial score (nSPS) is 26.1. The number of fused-ring (bicyclic) bond motifs is 5. The fourth-order valence-electron chi connectivity index (χ4n) is 5.24. The van der Waals surface area contributed by atoms with Crippen molar-refractivity contribution in [1.29, 1.82) is 0 Å². The Morgan fingerprint density at radius 3 is 2.38 bits per heavy atom. The Balaban J connectivity index is 1.19. The number of hydrogen-bond donors (Lipinski definition) is 2. The van der Waals surface area contributed by atoms with E-state index in [4.69, 9.17) is 4.74 Å². The summed E-state index contributed by atoms with van der Waals surface area (Å²) in [7, 11) is 1.67. The lowest BCUT2D eigenvalue weighted by molar-refractivity contribution is -0.140. The lowest BCUT2D eigenvalue weighted by Gasteiger charge is -2.17. The minimum absolute atomic E-state index is 0.0318. The van der Waals surface area contributed by atoms with Crippen LogP contribution < -0.4 is 15.4 Å². The van der Waals surface area contributed by atoms with Crippen LogP contribution in [0.15, 0.2) is 41.4 Å². The van der Waals surface area contributed by atoms with Gasteiger partial charge in [0.25, 0.3) is 0 Å². The van der Waals surface area contributed by atoms with Gasteiger partial charge in [0, 0.05) is 26.2 Å². The zero-order chi connectivity index (χ0) is 22.5. The van der Waals surface area contributed by atoms with E-state index in [9.17, 15) is 9.59 Å². The molecule has 4 rings (SSSR count). The number of nitrogens with one attached hydrogen (secondary N) is 2. The number of allylic oxidation sites excluding steroid dienone is 2. The summed E-state index contributed by atoms with van der Waals surface area (Å²) in [5.74, 6) is 2.04. The highest BCUT2D eigenvalue weighted by atomic mass is 16.5. The molecular weight excluding hydrogens is 404 g/mol. The maximum atomic E-state index is 12.7. The van der Waals surface area contributed by atoms with Crippen LogP contribution in [0.5, 0.6) is 5.75 Å². The van der Waals surface area contributed by atoms with E-state index in [2.05, 4.69) is 39.9 Å². The minimum atomic E-state index is -0.106. The number of likely N-dealkylation sites (tertiary alicyclic amines) is 1. The van der Waals surface area contributed by atoms with Gasteiger partial charge in [0.15, 0.2) is 5.96 Å². The molecule has 2 amide bonds. The largest absolute Gasteiger partial charge is 0.497 e. The van der Waals surface area contributed by atoms with Crippen molar-refractivity contribution >= 4 is 17.8 Å². The number of imide groups is 1. The van der Waals surface area contributed by atoms with E-state index in [-0.39, 0.29) is 35.5 Å². The monoisotopic (exact) mass is 438 g/mol. The second-order valence-corrected chi connectivity index (χ2v) is 8.82. The number of aliphatic imine (C=N–C) groups is 1. The Bertz CT molecular complexity index is 850. The van der Waals surface area contributed by atoms with Crippen LogP contribution in [0.4, 0.5) is 0 Å². The Kier molecular flexibility index (Phi) is 7.12. The molecule has 2 fully saturated rings. The molecule has 3 aliphatic rings. The Hall–Kier alpha value is -2.83. The van der Waals surface area contributed by atoms with Crippen LogP contribution in [-0.2, 0) is 16.0 Å². The molecule has 0 aromatic heterocycles. The topological polar surface area (TPSA) is 83.0 Å². The number of hydrogen-bond acceptors (Lipinski definition) is 4. The summed E-state index contributed by atoms with van der Waals surface area (Å²) in [5.41, 5.74) is 1.28.